The van der Waals surface area contributed by atoms with Crippen molar-refractivity contribution in [1.82, 2.24) is 25.1 Å². The molecule has 0 atom stereocenters. The molecule has 0 amide bonds. The average Bonchev–Trinajstić information content (AvgIpc) is 3.19. The van der Waals surface area contributed by atoms with Crippen molar-refractivity contribution in [3.05, 3.63) is 24.2 Å². The number of likely N-dealkylation sites (tertiary alicyclic amines) is 1. The second-order valence-corrected chi connectivity index (χ2v) is 7.06. The van der Waals surface area contributed by atoms with E-state index in [9.17, 15) is 0 Å². The first kappa shape index (κ1) is 18.1. The zero-order chi connectivity index (χ0) is 18.5. The van der Waals surface area contributed by atoms with Crippen molar-refractivity contribution < 1.29 is 13.9 Å². The molecule has 0 saturated carbocycles. The number of hydrogen-bond donors (Lipinski definition) is 1. The highest BCUT2D eigenvalue weighted by atomic mass is 16.5. The SMILES string of the molecule is COc1cc(NC2CCN(Cc3nnc(C4CCOCC4)o3)CC2)ncn1. The minimum absolute atomic E-state index is 0.347. The molecule has 2 aliphatic heterocycles. The lowest BCUT2D eigenvalue weighted by Gasteiger charge is -2.31. The standard InChI is InChI=1S/C18H26N6O3/c1-25-16-10-15(19-12-20-16)21-14-2-6-24(7-3-14)11-17-22-23-18(27-17)13-4-8-26-9-5-13/h10,12-14H,2-9,11H2,1H3,(H,19,20,21). The Hall–Kier alpha value is -2.26. The number of nitrogens with one attached hydrogen (secondary N) is 1. The van der Waals surface area contributed by atoms with E-state index in [1.54, 1.807) is 7.11 Å². The molecule has 0 aromatic carbocycles. The summed E-state index contributed by atoms with van der Waals surface area (Å²) in [5.41, 5.74) is 0. The Morgan fingerprint density at radius 2 is 1.96 bits per heavy atom. The number of piperidine rings is 1. The van der Waals surface area contributed by atoms with E-state index in [4.69, 9.17) is 13.9 Å². The summed E-state index contributed by atoms with van der Waals surface area (Å²) in [4.78, 5) is 10.7. The summed E-state index contributed by atoms with van der Waals surface area (Å²) in [6, 6.07) is 2.21. The van der Waals surface area contributed by atoms with Gasteiger partial charge in [0.15, 0.2) is 0 Å². The van der Waals surface area contributed by atoms with Gasteiger partial charge in [0.2, 0.25) is 17.7 Å². The molecule has 2 saturated heterocycles. The fourth-order valence-electron chi connectivity index (χ4n) is 3.61. The largest absolute Gasteiger partial charge is 0.481 e. The third-order valence-corrected chi connectivity index (χ3v) is 5.20. The first-order valence-corrected chi connectivity index (χ1v) is 9.55. The number of nitrogens with zero attached hydrogens (tertiary/aromatic N) is 5. The Balaban J connectivity index is 1.25. The monoisotopic (exact) mass is 374 g/mol. The lowest BCUT2D eigenvalue weighted by molar-refractivity contribution is 0.0787. The van der Waals surface area contributed by atoms with E-state index in [1.807, 2.05) is 6.07 Å². The van der Waals surface area contributed by atoms with E-state index in [0.29, 0.717) is 30.3 Å². The first-order valence-electron chi connectivity index (χ1n) is 9.55. The molecule has 2 aliphatic rings. The van der Waals surface area contributed by atoms with Gasteiger partial charge < -0.3 is 19.2 Å². The molecule has 0 bridgehead atoms. The van der Waals surface area contributed by atoms with E-state index in [1.165, 1.54) is 6.33 Å². The predicted octanol–water partition coefficient (Wildman–Crippen LogP) is 1.84. The third kappa shape index (κ3) is 4.72. The van der Waals surface area contributed by atoms with Crippen LogP contribution in [-0.4, -0.2) is 64.5 Å². The number of aromatic nitrogens is 4. The molecule has 2 aromatic rings. The van der Waals surface area contributed by atoms with Crippen LogP contribution in [0.5, 0.6) is 5.88 Å². The molecule has 0 radical (unpaired) electrons. The highest BCUT2D eigenvalue weighted by Crippen LogP contribution is 2.26. The van der Waals surface area contributed by atoms with Crippen molar-refractivity contribution >= 4 is 5.82 Å². The maximum absolute atomic E-state index is 5.91. The Morgan fingerprint density at radius 1 is 1.15 bits per heavy atom. The Kier molecular flexibility index (Phi) is 5.78. The number of anilines is 1. The second-order valence-electron chi connectivity index (χ2n) is 7.06. The van der Waals surface area contributed by atoms with E-state index in [0.717, 1.165) is 63.7 Å². The average molecular weight is 374 g/mol. The number of methoxy groups -OCH3 is 1. The summed E-state index contributed by atoms with van der Waals surface area (Å²) in [7, 11) is 1.61. The van der Waals surface area contributed by atoms with E-state index in [-0.39, 0.29) is 0 Å². The smallest absolute Gasteiger partial charge is 0.230 e. The Labute approximate surface area is 158 Å². The topological polar surface area (TPSA) is 98.4 Å². The first-order chi connectivity index (χ1) is 13.3. The van der Waals surface area contributed by atoms with Gasteiger partial charge in [0.25, 0.3) is 0 Å². The zero-order valence-electron chi connectivity index (χ0n) is 15.6. The Bertz CT molecular complexity index is 725. The van der Waals surface area contributed by atoms with Gasteiger partial charge in [-0.1, -0.05) is 0 Å². The Morgan fingerprint density at radius 3 is 2.74 bits per heavy atom. The van der Waals surface area contributed by atoms with Crippen molar-refractivity contribution in [2.24, 2.45) is 0 Å². The van der Waals surface area contributed by atoms with Crippen LogP contribution in [0.15, 0.2) is 16.8 Å². The molecule has 0 unspecified atom stereocenters. The van der Waals surface area contributed by atoms with Gasteiger partial charge >= 0.3 is 0 Å². The van der Waals surface area contributed by atoms with Crippen LogP contribution in [-0.2, 0) is 11.3 Å². The van der Waals surface area contributed by atoms with Crippen LogP contribution in [0.4, 0.5) is 5.82 Å². The van der Waals surface area contributed by atoms with E-state index >= 15 is 0 Å². The van der Waals surface area contributed by atoms with Crippen LogP contribution in [0.3, 0.4) is 0 Å². The summed E-state index contributed by atoms with van der Waals surface area (Å²) < 4.78 is 16.4. The van der Waals surface area contributed by atoms with Gasteiger partial charge in [0.05, 0.1) is 13.7 Å². The summed E-state index contributed by atoms with van der Waals surface area (Å²) in [6.45, 7) is 4.23. The van der Waals surface area contributed by atoms with E-state index < -0.39 is 0 Å². The number of ether oxygens (including phenoxy) is 2. The second kappa shape index (κ2) is 8.62. The highest BCUT2D eigenvalue weighted by molar-refractivity contribution is 5.38. The van der Waals surface area contributed by atoms with Crippen molar-refractivity contribution in [3.63, 3.8) is 0 Å². The maximum Gasteiger partial charge on any atom is 0.230 e. The molecular formula is C18H26N6O3. The molecule has 0 aliphatic carbocycles. The van der Waals surface area contributed by atoms with Gasteiger partial charge in [-0.05, 0) is 25.7 Å². The molecular weight excluding hydrogens is 348 g/mol. The lowest BCUT2D eigenvalue weighted by Crippen LogP contribution is -2.38. The quantitative estimate of drug-likeness (QED) is 0.812. The predicted molar refractivity (Wildman–Crippen MR) is 97.6 cm³/mol. The molecule has 1 N–H and O–H groups in total. The van der Waals surface area contributed by atoms with Crippen molar-refractivity contribution in [3.8, 4) is 5.88 Å². The van der Waals surface area contributed by atoms with Gasteiger partial charge in [-0.3, -0.25) is 4.90 Å². The minimum atomic E-state index is 0.347. The van der Waals surface area contributed by atoms with Crippen LogP contribution >= 0.6 is 0 Å². The summed E-state index contributed by atoms with van der Waals surface area (Å²) in [5, 5.41) is 12.0. The fourth-order valence-corrected chi connectivity index (χ4v) is 3.61. The molecule has 9 heteroatoms. The maximum atomic E-state index is 5.91. The normalized spacial score (nSPS) is 19.9. The molecule has 2 aromatic heterocycles. The summed E-state index contributed by atoms with van der Waals surface area (Å²) in [6.07, 6.45) is 5.52. The molecule has 4 rings (SSSR count). The van der Waals surface area contributed by atoms with E-state index in [2.05, 4.69) is 30.4 Å². The molecule has 146 valence electrons. The third-order valence-electron chi connectivity index (χ3n) is 5.20. The van der Waals surface area contributed by atoms with Gasteiger partial charge in [0.1, 0.15) is 12.1 Å². The van der Waals surface area contributed by atoms with Crippen molar-refractivity contribution in [1.29, 1.82) is 0 Å². The number of hydrogen-bond acceptors (Lipinski definition) is 9. The number of rotatable bonds is 6. The molecule has 4 heterocycles. The summed E-state index contributed by atoms with van der Waals surface area (Å²) in [5.74, 6) is 3.20. The van der Waals surface area contributed by atoms with Crippen LogP contribution in [0.1, 0.15) is 43.4 Å². The molecule has 2 fully saturated rings. The van der Waals surface area contributed by atoms with Crippen LogP contribution in [0.25, 0.3) is 0 Å². The highest BCUT2D eigenvalue weighted by Gasteiger charge is 2.24. The van der Waals surface area contributed by atoms with Crippen molar-refractivity contribution in [2.75, 3.05) is 38.7 Å². The molecule has 0 spiro atoms. The van der Waals surface area contributed by atoms with Crippen molar-refractivity contribution in [2.45, 2.75) is 44.2 Å². The molecule has 9 nitrogen and oxygen atoms in total. The summed E-state index contributed by atoms with van der Waals surface area (Å²) >= 11 is 0. The molecule has 27 heavy (non-hydrogen) atoms. The van der Waals surface area contributed by atoms with Gasteiger partial charge in [-0.2, -0.15) is 0 Å². The van der Waals surface area contributed by atoms with Gasteiger partial charge in [0, 0.05) is 44.3 Å². The van der Waals surface area contributed by atoms with Crippen LogP contribution < -0.4 is 10.1 Å². The van der Waals surface area contributed by atoms with Gasteiger partial charge in [-0.15, -0.1) is 10.2 Å². The zero-order valence-corrected chi connectivity index (χ0v) is 15.6. The lowest BCUT2D eigenvalue weighted by atomic mass is 10.0. The van der Waals surface area contributed by atoms with Gasteiger partial charge in [-0.25, -0.2) is 9.97 Å². The van der Waals surface area contributed by atoms with Crippen LogP contribution in [0, 0.1) is 0 Å². The minimum Gasteiger partial charge on any atom is -0.481 e. The fraction of sp³-hybridized carbons (Fsp3) is 0.667. The van der Waals surface area contributed by atoms with Crippen LogP contribution in [0.2, 0.25) is 0 Å².